The van der Waals surface area contributed by atoms with E-state index in [9.17, 15) is 0 Å². The largest absolute Gasteiger partial charge is 0.453 e. The van der Waals surface area contributed by atoms with Gasteiger partial charge in [-0.3, -0.25) is 0 Å². The third-order valence-electron chi connectivity index (χ3n) is 7.48. The highest BCUT2D eigenvalue weighted by Gasteiger charge is 2.26. The van der Waals surface area contributed by atoms with Crippen molar-refractivity contribution in [3.05, 3.63) is 146 Å². The lowest BCUT2D eigenvalue weighted by atomic mass is 10.0. The van der Waals surface area contributed by atoms with E-state index in [1.807, 2.05) is 97.1 Å². The van der Waals surface area contributed by atoms with E-state index in [1.165, 1.54) is 0 Å². The number of anilines is 3. The molecule has 0 radical (unpaired) electrons. The summed E-state index contributed by atoms with van der Waals surface area (Å²) in [5.74, 6) is 3.51. The van der Waals surface area contributed by atoms with E-state index in [1.54, 1.807) is 0 Å². The highest BCUT2D eigenvalue weighted by molar-refractivity contribution is 6.00. The molecule has 6 aromatic carbocycles. The lowest BCUT2D eigenvalue weighted by Gasteiger charge is -2.33. The average molecular weight is 541 g/mol. The minimum Gasteiger partial charge on any atom is -0.453 e. The summed E-state index contributed by atoms with van der Waals surface area (Å²) in [6.07, 6.45) is 0. The predicted octanol–water partition coefficient (Wildman–Crippen LogP) is 9.60. The van der Waals surface area contributed by atoms with Gasteiger partial charge in [0, 0.05) is 22.4 Å². The van der Waals surface area contributed by atoms with Crippen molar-refractivity contribution in [3.63, 3.8) is 0 Å². The fourth-order valence-corrected chi connectivity index (χ4v) is 5.52. The molecular weight excluding hydrogens is 516 g/mol. The molecule has 0 aliphatic carbocycles. The van der Waals surface area contributed by atoms with Crippen molar-refractivity contribution in [1.82, 2.24) is 15.0 Å². The van der Waals surface area contributed by atoms with Crippen molar-refractivity contribution >= 4 is 27.8 Å². The van der Waals surface area contributed by atoms with Crippen LogP contribution in [0.1, 0.15) is 0 Å². The predicted molar refractivity (Wildman–Crippen MR) is 168 cm³/mol. The Morgan fingerprint density at radius 2 is 0.952 bits per heavy atom. The summed E-state index contributed by atoms with van der Waals surface area (Å²) in [6.45, 7) is 0. The molecule has 1 aliphatic heterocycles. The lowest BCUT2D eigenvalue weighted by molar-refractivity contribution is 0.477. The van der Waals surface area contributed by atoms with Crippen LogP contribution in [0, 0.1) is 0 Å². The molecule has 7 aromatic rings. The Morgan fingerprint density at radius 3 is 1.57 bits per heavy atom. The Bertz CT molecular complexity index is 1970. The Kier molecular flexibility index (Phi) is 5.71. The van der Waals surface area contributed by atoms with E-state index in [2.05, 4.69) is 53.4 Å². The van der Waals surface area contributed by atoms with Gasteiger partial charge in [0.1, 0.15) is 0 Å². The van der Waals surface area contributed by atoms with Gasteiger partial charge in [0.15, 0.2) is 29.0 Å². The second-order valence-corrected chi connectivity index (χ2v) is 10.1. The second kappa shape index (κ2) is 9.98. The SMILES string of the molecule is c1ccc(-c2nc(-c3ccccc3)nc(-c3cc(N4c5ccccc5Oc5ccccc54)cc4ccccc34)n2)cc1. The van der Waals surface area contributed by atoms with Crippen LogP contribution >= 0.6 is 0 Å². The van der Waals surface area contributed by atoms with E-state index >= 15 is 0 Å². The molecule has 0 fully saturated rings. The molecule has 1 aromatic heterocycles. The van der Waals surface area contributed by atoms with Crippen molar-refractivity contribution in [2.75, 3.05) is 4.90 Å². The van der Waals surface area contributed by atoms with Crippen LogP contribution in [0.15, 0.2) is 146 Å². The van der Waals surface area contributed by atoms with Crippen LogP contribution in [-0.2, 0) is 0 Å². The normalized spacial score (nSPS) is 12.0. The minimum atomic E-state index is 0.621. The first-order chi connectivity index (χ1) is 20.8. The fourth-order valence-electron chi connectivity index (χ4n) is 5.52. The van der Waals surface area contributed by atoms with Crippen LogP contribution in [0.4, 0.5) is 17.1 Å². The number of rotatable bonds is 4. The van der Waals surface area contributed by atoms with Gasteiger partial charge in [0.25, 0.3) is 0 Å². The summed E-state index contributed by atoms with van der Waals surface area (Å²) in [7, 11) is 0. The van der Waals surface area contributed by atoms with Crippen molar-refractivity contribution in [2.45, 2.75) is 0 Å². The summed E-state index contributed by atoms with van der Waals surface area (Å²) in [5, 5.41) is 2.16. The Morgan fingerprint density at radius 1 is 0.452 bits per heavy atom. The van der Waals surface area contributed by atoms with Crippen molar-refractivity contribution in [3.8, 4) is 45.7 Å². The molecule has 42 heavy (non-hydrogen) atoms. The molecule has 0 atom stereocenters. The monoisotopic (exact) mass is 540 g/mol. The maximum Gasteiger partial charge on any atom is 0.164 e. The third kappa shape index (κ3) is 4.16. The minimum absolute atomic E-state index is 0.621. The smallest absolute Gasteiger partial charge is 0.164 e. The van der Waals surface area contributed by atoms with Crippen molar-refractivity contribution < 1.29 is 4.74 Å². The maximum absolute atomic E-state index is 6.29. The van der Waals surface area contributed by atoms with Gasteiger partial charge in [-0.1, -0.05) is 109 Å². The van der Waals surface area contributed by atoms with Gasteiger partial charge >= 0.3 is 0 Å². The molecule has 0 bridgehead atoms. The number of hydrogen-bond acceptors (Lipinski definition) is 5. The molecule has 0 spiro atoms. The highest BCUT2D eigenvalue weighted by Crippen LogP contribution is 2.51. The third-order valence-corrected chi connectivity index (χ3v) is 7.48. The molecule has 0 N–H and O–H groups in total. The zero-order valence-electron chi connectivity index (χ0n) is 22.6. The van der Waals surface area contributed by atoms with Gasteiger partial charge in [-0.05, 0) is 47.2 Å². The number of aromatic nitrogens is 3. The first kappa shape index (κ1) is 24.0. The van der Waals surface area contributed by atoms with E-state index in [4.69, 9.17) is 19.7 Å². The number of benzene rings is 6. The van der Waals surface area contributed by atoms with Gasteiger partial charge in [-0.25, -0.2) is 15.0 Å². The van der Waals surface area contributed by atoms with Gasteiger partial charge in [0.05, 0.1) is 11.4 Å². The average Bonchev–Trinajstić information content (AvgIpc) is 3.07. The summed E-state index contributed by atoms with van der Waals surface area (Å²) >= 11 is 0. The quantitative estimate of drug-likeness (QED) is 0.222. The lowest BCUT2D eigenvalue weighted by Crippen LogP contribution is -2.15. The summed E-state index contributed by atoms with van der Waals surface area (Å²) in [6, 6.07) is 49.2. The summed E-state index contributed by atoms with van der Waals surface area (Å²) in [4.78, 5) is 17.3. The van der Waals surface area contributed by atoms with Gasteiger partial charge < -0.3 is 9.64 Å². The molecule has 8 rings (SSSR count). The molecule has 5 nitrogen and oxygen atoms in total. The van der Waals surface area contributed by atoms with Gasteiger partial charge in [0.2, 0.25) is 0 Å². The molecule has 5 heteroatoms. The molecule has 0 unspecified atom stereocenters. The van der Waals surface area contributed by atoms with Crippen LogP contribution in [0.5, 0.6) is 11.5 Å². The summed E-state index contributed by atoms with van der Waals surface area (Å²) in [5.41, 5.74) is 5.76. The number of nitrogens with zero attached hydrogens (tertiary/aromatic N) is 4. The van der Waals surface area contributed by atoms with Crippen LogP contribution in [0.3, 0.4) is 0 Å². The van der Waals surface area contributed by atoms with E-state index < -0.39 is 0 Å². The Balaban J connectivity index is 1.39. The van der Waals surface area contributed by atoms with Crippen LogP contribution in [0.25, 0.3) is 44.9 Å². The number of ether oxygens (including phenoxy) is 1. The van der Waals surface area contributed by atoms with E-state index in [-0.39, 0.29) is 0 Å². The molecule has 0 saturated carbocycles. The first-order valence-corrected chi connectivity index (χ1v) is 13.9. The zero-order valence-corrected chi connectivity index (χ0v) is 22.6. The number of fused-ring (bicyclic) bond motifs is 3. The maximum atomic E-state index is 6.29. The molecular formula is C37H24N4O. The van der Waals surface area contributed by atoms with Gasteiger partial charge in [-0.15, -0.1) is 0 Å². The number of para-hydroxylation sites is 4. The molecule has 0 saturated heterocycles. The standard InChI is InChI=1S/C37H24N4O/c1-3-13-25(14-4-1)35-38-36(26-15-5-2-6-16-26)40-37(39-35)30-24-28(23-27-17-7-8-18-29(27)30)41-31-19-9-11-21-33(31)42-34-22-12-10-20-32(34)41/h1-24H. The van der Waals surface area contributed by atoms with E-state index in [0.717, 1.165) is 56.0 Å². The second-order valence-electron chi connectivity index (χ2n) is 10.1. The van der Waals surface area contributed by atoms with Crippen LogP contribution < -0.4 is 9.64 Å². The first-order valence-electron chi connectivity index (χ1n) is 13.9. The van der Waals surface area contributed by atoms with Crippen molar-refractivity contribution in [1.29, 1.82) is 0 Å². The Labute approximate surface area is 243 Å². The summed E-state index contributed by atoms with van der Waals surface area (Å²) < 4.78 is 6.29. The van der Waals surface area contributed by atoms with Crippen molar-refractivity contribution in [2.24, 2.45) is 0 Å². The molecule has 1 aliphatic rings. The van der Waals surface area contributed by atoms with Gasteiger partial charge in [-0.2, -0.15) is 0 Å². The number of hydrogen-bond donors (Lipinski definition) is 0. The Hall–Kier alpha value is -5.81. The zero-order chi connectivity index (χ0) is 27.9. The molecule has 198 valence electrons. The van der Waals surface area contributed by atoms with E-state index in [0.29, 0.717) is 17.5 Å². The van der Waals surface area contributed by atoms with Crippen LogP contribution in [-0.4, -0.2) is 15.0 Å². The molecule has 2 heterocycles. The molecule has 0 amide bonds. The fraction of sp³-hybridized carbons (Fsp3) is 0. The topological polar surface area (TPSA) is 51.1 Å². The van der Waals surface area contributed by atoms with Crippen LogP contribution in [0.2, 0.25) is 0 Å². The highest BCUT2D eigenvalue weighted by atomic mass is 16.5.